The first-order valence-corrected chi connectivity index (χ1v) is 26.8. The third kappa shape index (κ3) is 4.78. The molecule has 4 heterocycles. The summed E-state index contributed by atoms with van der Waals surface area (Å²) in [5.41, 5.74) is 14.3. The number of hydrogen-bond donors (Lipinski definition) is 0. The van der Waals surface area contributed by atoms with Crippen molar-refractivity contribution >= 4 is 115 Å². The van der Waals surface area contributed by atoms with Crippen LogP contribution >= 0.6 is 0 Å². The third-order valence-corrected chi connectivity index (χ3v) is 24.6. The van der Waals surface area contributed by atoms with Gasteiger partial charge in [0.2, 0.25) is 0 Å². The molecule has 0 amide bonds. The first kappa shape index (κ1) is 36.7. The molecule has 0 atom stereocenters. The minimum atomic E-state index is -2.88. The van der Waals surface area contributed by atoms with Gasteiger partial charge in [-0.25, -0.2) is 0 Å². The lowest BCUT2D eigenvalue weighted by molar-refractivity contribution is 1.26. The van der Waals surface area contributed by atoms with Crippen molar-refractivity contribution in [3.8, 4) is 11.1 Å². The van der Waals surface area contributed by atoms with E-state index >= 15 is 0 Å². The van der Waals surface area contributed by atoms with Crippen molar-refractivity contribution in [3.05, 3.63) is 249 Å². The molecule has 5 heteroatoms. The van der Waals surface area contributed by atoms with Crippen LogP contribution in [0.25, 0.3) is 11.1 Å². The zero-order valence-corrected chi connectivity index (χ0v) is 37.6. The summed E-state index contributed by atoms with van der Waals surface area (Å²) in [6.45, 7) is -0.00533. The predicted molar refractivity (Wildman–Crippen MR) is 280 cm³/mol. The second kappa shape index (κ2) is 13.9. The zero-order chi connectivity index (χ0) is 42.7. The van der Waals surface area contributed by atoms with Crippen LogP contribution in [0.15, 0.2) is 249 Å². The quantitative estimate of drug-likeness (QED) is 0.176. The Bertz CT molecular complexity index is 3220. The summed E-state index contributed by atoms with van der Waals surface area (Å²) in [4.78, 5) is 5.35. The van der Waals surface area contributed by atoms with Gasteiger partial charge in [-0.1, -0.05) is 224 Å². The average molecular weight is 857 g/mol. The largest absolute Gasteiger partial charge is 0.312 e. The summed E-state index contributed by atoms with van der Waals surface area (Å²) in [7, 11) is -5.77. The summed E-state index contributed by atoms with van der Waals surface area (Å²) in [6, 6.07) is 95.2. The minimum absolute atomic E-state index is 0.00533. The first-order valence-electron chi connectivity index (χ1n) is 22.8. The highest BCUT2D eigenvalue weighted by Crippen LogP contribution is 2.48. The van der Waals surface area contributed by atoms with Gasteiger partial charge in [-0.05, 0) is 93.3 Å². The van der Waals surface area contributed by atoms with E-state index in [1.54, 1.807) is 0 Å². The monoisotopic (exact) mass is 856 g/mol. The fourth-order valence-electron chi connectivity index (χ4n) is 12.6. The van der Waals surface area contributed by atoms with Crippen molar-refractivity contribution in [2.75, 3.05) is 9.80 Å². The van der Waals surface area contributed by atoms with E-state index in [0.717, 1.165) is 0 Å². The molecule has 0 aromatic heterocycles. The smallest absolute Gasteiger partial charge is 0.252 e. The van der Waals surface area contributed by atoms with Crippen LogP contribution < -0.4 is 67.7 Å². The number of benzene rings is 10. The maximum Gasteiger partial charge on any atom is 0.252 e. The average Bonchev–Trinajstić information content (AvgIpc) is 3.39. The van der Waals surface area contributed by atoms with Crippen LogP contribution in [0.5, 0.6) is 0 Å². The van der Waals surface area contributed by atoms with Gasteiger partial charge in [0.1, 0.15) is 0 Å². The van der Waals surface area contributed by atoms with Crippen molar-refractivity contribution in [3.63, 3.8) is 0 Å². The summed E-state index contributed by atoms with van der Waals surface area (Å²) in [6.07, 6.45) is 0. The van der Waals surface area contributed by atoms with E-state index in [0.29, 0.717) is 0 Å². The third-order valence-electron chi connectivity index (χ3n) is 15.0. The Labute approximate surface area is 382 Å². The van der Waals surface area contributed by atoms with Crippen LogP contribution in [0.3, 0.4) is 0 Å². The maximum atomic E-state index is 2.68. The van der Waals surface area contributed by atoms with Crippen LogP contribution in [-0.2, 0) is 0 Å². The Morgan fingerprint density at radius 1 is 0.277 bits per heavy atom. The Morgan fingerprint density at radius 2 is 0.615 bits per heavy atom. The number of nitrogens with zero attached hydrogens (tertiary/aromatic N) is 2. The molecule has 14 rings (SSSR count). The van der Waals surface area contributed by atoms with Crippen LogP contribution in [0, 0.1) is 0 Å². The second-order valence-electron chi connectivity index (χ2n) is 17.9. The van der Waals surface area contributed by atoms with Crippen molar-refractivity contribution in [2.24, 2.45) is 0 Å². The Balaban J connectivity index is 1.16. The molecule has 4 aliphatic heterocycles. The van der Waals surface area contributed by atoms with E-state index in [4.69, 9.17) is 0 Å². The van der Waals surface area contributed by atoms with Gasteiger partial charge in [0.25, 0.3) is 6.71 Å². The van der Waals surface area contributed by atoms with E-state index in [9.17, 15) is 0 Å². The highest BCUT2D eigenvalue weighted by Gasteiger charge is 2.56. The Morgan fingerprint density at radius 3 is 1.02 bits per heavy atom. The van der Waals surface area contributed by atoms with Gasteiger partial charge in [-0.2, -0.15) is 0 Å². The van der Waals surface area contributed by atoms with Crippen LogP contribution in [-0.4, -0.2) is 22.9 Å². The molecule has 302 valence electrons. The van der Waals surface area contributed by atoms with Crippen LogP contribution in [0.1, 0.15) is 0 Å². The van der Waals surface area contributed by atoms with E-state index in [2.05, 4.69) is 259 Å². The van der Waals surface area contributed by atoms with Crippen molar-refractivity contribution in [1.82, 2.24) is 0 Å². The molecule has 0 aliphatic carbocycles. The van der Waals surface area contributed by atoms with Gasteiger partial charge in [-0.3, -0.25) is 0 Å². The van der Waals surface area contributed by atoms with Gasteiger partial charge < -0.3 is 9.80 Å². The fourth-order valence-corrected chi connectivity index (χ4v) is 22.9. The summed E-state index contributed by atoms with van der Waals surface area (Å²) in [5, 5.41) is 11.3. The first-order chi connectivity index (χ1) is 32.3. The SMILES string of the molecule is c1ccc(-c2cc3c4c(c2)N2c5ccccc5[Si](c5ccccc5)(c5ccccc5)c5cccc(c52)B4c2cccc4c2N3c2ccccc2[Si]4(c2ccccc2)c2ccccc2)cc1. The van der Waals surface area contributed by atoms with Crippen LogP contribution in [0.2, 0.25) is 0 Å². The predicted octanol–water partition coefficient (Wildman–Crippen LogP) is 6.82. The lowest BCUT2D eigenvalue weighted by Gasteiger charge is -2.53. The fraction of sp³-hybridized carbons (Fsp3) is 0. The number of rotatable bonds is 5. The molecule has 2 nitrogen and oxygen atoms in total. The molecule has 0 spiro atoms. The molecule has 0 N–H and O–H groups in total. The maximum absolute atomic E-state index is 2.88. The molecule has 0 fully saturated rings. The standard InChI is InChI=1S/C60H41BN2Si2/c1-6-22-42(23-7-1)43-40-52-58-53(41-43)63-51-35-17-19-37-55(51)65(46-28-12-4-13-29-46,47-30-14-5-15-31-47)57-39-21-33-49(60(57)63)61(58)48-32-20-38-56-59(48)62(52)50-34-16-18-36-54(50)64(56,44-24-8-2-9-25-44)45-26-10-3-11-27-45/h1-41H. The Kier molecular flexibility index (Phi) is 7.86. The number of para-hydroxylation sites is 4. The van der Waals surface area contributed by atoms with Gasteiger partial charge >= 0.3 is 0 Å². The molecule has 0 radical (unpaired) electrons. The van der Waals surface area contributed by atoms with Crippen molar-refractivity contribution in [2.45, 2.75) is 0 Å². The number of hydrogen-bond acceptors (Lipinski definition) is 2. The van der Waals surface area contributed by atoms with Gasteiger partial charge in [0.05, 0.1) is 0 Å². The van der Waals surface area contributed by atoms with E-state index < -0.39 is 16.1 Å². The molecule has 65 heavy (non-hydrogen) atoms. The number of anilines is 6. The van der Waals surface area contributed by atoms with Crippen molar-refractivity contribution in [1.29, 1.82) is 0 Å². The van der Waals surface area contributed by atoms with Gasteiger partial charge in [-0.15, -0.1) is 0 Å². The molecule has 4 aliphatic rings. The highest BCUT2D eigenvalue weighted by molar-refractivity contribution is 7.23. The van der Waals surface area contributed by atoms with E-state index in [-0.39, 0.29) is 6.71 Å². The van der Waals surface area contributed by atoms with Gasteiger partial charge in [0, 0.05) is 34.1 Å². The summed E-state index contributed by atoms with van der Waals surface area (Å²) in [5.74, 6) is 0. The van der Waals surface area contributed by atoms with Crippen LogP contribution in [0.4, 0.5) is 34.1 Å². The van der Waals surface area contributed by atoms with E-state index in [1.807, 2.05) is 0 Å². The van der Waals surface area contributed by atoms with Crippen molar-refractivity contribution < 1.29 is 0 Å². The molecular weight excluding hydrogens is 816 g/mol. The molecule has 0 unspecified atom stereocenters. The molecule has 0 bridgehead atoms. The normalized spacial score (nSPS) is 14.9. The highest BCUT2D eigenvalue weighted by atomic mass is 28.3. The molecule has 10 aromatic rings. The lowest BCUT2D eigenvalue weighted by atomic mass is 9.33. The molecule has 0 saturated heterocycles. The van der Waals surface area contributed by atoms with Gasteiger partial charge in [0.15, 0.2) is 16.1 Å². The van der Waals surface area contributed by atoms with E-state index in [1.165, 1.54) is 103 Å². The summed E-state index contributed by atoms with van der Waals surface area (Å²) < 4.78 is 0. The molecular formula is C60H41BN2Si2. The minimum Gasteiger partial charge on any atom is -0.312 e. The lowest BCUT2D eigenvalue weighted by Crippen LogP contribution is -2.80. The number of fused-ring (bicyclic) bond motifs is 8. The molecule has 10 aromatic carbocycles. The zero-order valence-electron chi connectivity index (χ0n) is 35.6. The summed E-state index contributed by atoms with van der Waals surface area (Å²) >= 11 is 0. The second-order valence-corrected chi connectivity index (χ2v) is 25.3. The molecule has 0 saturated carbocycles. The topological polar surface area (TPSA) is 6.48 Å². The Hall–Kier alpha value is -7.70.